The first-order valence-electron chi connectivity index (χ1n) is 7.48. The number of hydrogen-bond donors (Lipinski definition) is 0. The van der Waals surface area contributed by atoms with Gasteiger partial charge in [-0.05, 0) is 59.5 Å². The van der Waals surface area contributed by atoms with Crippen LogP contribution in [-0.4, -0.2) is 33.0 Å². The van der Waals surface area contributed by atoms with Crippen molar-refractivity contribution in [3.63, 3.8) is 0 Å². The summed E-state index contributed by atoms with van der Waals surface area (Å²) in [5.41, 5.74) is 4.23. The van der Waals surface area contributed by atoms with Crippen LogP contribution in [0.25, 0.3) is 5.52 Å². The number of fused-ring (bicyclic) bond motifs is 1. The number of pyridine rings is 1. The Balaban J connectivity index is 1.67. The molecular formula is C17H16BrN3O. The molecule has 22 heavy (non-hydrogen) atoms. The van der Waals surface area contributed by atoms with E-state index in [4.69, 9.17) is 0 Å². The summed E-state index contributed by atoms with van der Waals surface area (Å²) >= 11 is 3.43. The van der Waals surface area contributed by atoms with Gasteiger partial charge in [-0.3, -0.25) is 4.79 Å². The highest BCUT2D eigenvalue weighted by atomic mass is 79.9. The summed E-state index contributed by atoms with van der Waals surface area (Å²) in [5.74, 6) is 0.0131. The first-order valence-corrected chi connectivity index (χ1v) is 8.27. The van der Waals surface area contributed by atoms with E-state index in [1.165, 1.54) is 11.1 Å². The number of rotatable bonds is 1. The minimum absolute atomic E-state index is 0.0131. The van der Waals surface area contributed by atoms with E-state index in [0.717, 1.165) is 29.4 Å². The molecule has 0 N–H and O–H groups in total. The van der Waals surface area contributed by atoms with Gasteiger partial charge in [0.25, 0.3) is 5.91 Å². The summed E-state index contributed by atoms with van der Waals surface area (Å²) in [7, 11) is 0. The Hall–Kier alpha value is -1.88. The van der Waals surface area contributed by atoms with Crippen LogP contribution in [0.3, 0.4) is 0 Å². The lowest BCUT2D eigenvalue weighted by Gasteiger charge is -2.34. The van der Waals surface area contributed by atoms with E-state index >= 15 is 0 Å². The zero-order valence-corrected chi connectivity index (χ0v) is 13.9. The van der Waals surface area contributed by atoms with Crippen molar-refractivity contribution in [2.45, 2.75) is 25.8 Å². The average Bonchev–Trinajstić information content (AvgIpc) is 3.12. The molecule has 0 saturated carbocycles. The molecule has 2 aromatic rings. The van der Waals surface area contributed by atoms with Crippen molar-refractivity contribution in [1.29, 1.82) is 0 Å². The fourth-order valence-corrected chi connectivity index (χ4v) is 3.68. The molecule has 0 aromatic carbocycles. The summed E-state index contributed by atoms with van der Waals surface area (Å²) in [5, 5.41) is 4.43. The van der Waals surface area contributed by atoms with Crippen molar-refractivity contribution in [1.82, 2.24) is 14.5 Å². The van der Waals surface area contributed by atoms with Crippen molar-refractivity contribution in [2.24, 2.45) is 0 Å². The molecule has 1 aliphatic carbocycles. The van der Waals surface area contributed by atoms with Crippen LogP contribution in [-0.2, 0) is 0 Å². The van der Waals surface area contributed by atoms with Crippen LogP contribution in [0.5, 0.6) is 0 Å². The van der Waals surface area contributed by atoms with E-state index < -0.39 is 0 Å². The molecule has 1 aliphatic heterocycles. The maximum absolute atomic E-state index is 12.8. The summed E-state index contributed by atoms with van der Waals surface area (Å²) in [6, 6.07) is 5.89. The maximum Gasteiger partial charge on any atom is 0.274 e. The summed E-state index contributed by atoms with van der Waals surface area (Å²) < 4.78 is 2.69. The zero-order chi connectivity index (χ0) is 15.3. The van der Waals surface area contributed by atoms with Gasteiger partial charge in [0.2, 0.25) is 0 Å². The molecule has 2 aliphatic rings. The van der Waals surface area contributed by atoms with Gasteiger partial charge in [-0.1, -0.05) is 17.7 Å². The van der Waals surface area contributed by atoms with Crippen LogP contribution in [0.1, 0.15) is 30.3 Å². The largest absolute Gasteiger partial charge is 0.330 e. The third-order valence-electron chi connectivity index (χ3n) is 4.55. The molecule has 0 bridgehead atoms. The number of carbonyl (C=O) groups excluding carboxylic acids is 1. The van der Waals surface area contributed by atoms with Gasteiger partial charge in [0, 0.05) is 17.2 Å². The van der Waals surface area contributed by atoms with Gasteiger partial charge in [0.05, 0.1) is 11.6 Å². The number of halogens is 1. The number of allylic oxidation sites excluding steroid dienone is 1. The molecule has 1 atom stereocenters. The third-order valence-corrected chi connectivity index (χ3v) is 5.01. The monoisotopic (exact) mass is 357 g/mol. The van der Waals surface area contributed by atoms with Crippen molar-refractivity contribution in [3.05, 3.63) is 57.9 Å². The van der Waals surface area contributed by atoms with Gasteiger partial charge in [0.1, 0.15) is 0 Å². The highest BCUT2D eigenvalue weighted by molar-refractivity contribution is 9.10. The Morgan fingerprint density at radius 3 is 3.14 bits per heavy atom. The van der Waals surface area contributed by atoms with Crippen molar-refractivity contribution in [2.75, 3.05) is 6.54 Å². The van der Waals surface area contributed by atoms with Gasteiger partial charge >= 0.3 is 0 Å². The van der Waals surface area contributed by atoms with E-state index in [1.807, 2.05) is 29.3 Å². The molecule has 4 nitrogen and oxygen atoms in total. The molecule has 0 radical (unpaired) electrons. The normalized spacial score (nSPS) is 20.8. The lowest BCUT2D eigenvalue weighted by atomic mass is 9.95. The molecule has 1 unspecified atom stereocenters. The van der Waals surface area contributed by atoms with Crippen LogP contribution < -0.4 is 0 Å². The zero-order valence-electron chi connectivity index (χ0n) is 12.3. The number of amides is 1. The van der Waals surface area contributed by atoms with Crippen LogP contribution in [0.4, 0.5) is 0 Å². The molecule has 0 fully saturated rings. The number of carbonyl (C=O) groups is 1. The first kappa shape index (κ1) is 13.8. The maximum atomic E-state index is 12.8. The molecule has 0 spiro atoms. The summed E-state index contributed by atoms with van der Waals surface area (Å²) in [4.78, 5) is 14.8. The Bertz CT molecular complexity index is 834. The van der Waals surface area contributed by atoms with Crippen LogP contribution >= 0.6 is 15.9 Å². The van der Waals surface area contributed by atoms with E-state index in [1.54, 1.807) is 4.52 Å². The quantitative estimate of drug-likeness (QED) is 0.781. The van der Waals surface area contributed by atoms with Crippen LogP contribution in [0.2, 0.25) is 0 Å². The number of nitrogens with zero attached hydrogens (tertiary/aromatic N) is 3. The third kappa shape index (κ3) is 2.11. The molecule has 112 valence electrons. The minimum Gasteiger partial charge on any atom is -0.330 e. The standard InChI is InChI=1S/C17H16BrN3O/c1-11-15-4-2-3-12(15)7-8-20(11)17(22)16-9-14-6-5-13(18)10-21(14)19-16/h2,4-6,9-11H,3,7-8H2,1H3. The molecule has 3 heterocycles. The van der Waals surface area contributed by atoms with E-state index in [0.29, 0.717) is 5.69 Å². The SMILES string of the molecule is CC1C2=C(CC=C2)CCN1C(=O)c1cc2ccc(Br)cn2n1. The van der Waals surface area contributed by atoms with Crippen LogP contribution in [0.15, 0.2) is 52.2 Å². The second kappa shape index (κ2) is 5.09. The van der Waals surface area contributed by atoms with E-state index in [-0.39, 0.29) is 11.9 Å². The van der Waals surface area contributed by atoms with Gasteiger partial charge in [-0.2, -0.15) is 5.10 Å². The van der Waals surface area contributed by atoms with Crippen LogP contribution in [0, 0.1) is 0 Å². The number of aromatic nitrogens is 2. The molecule has 2 aromatic heterocycles. The predicted octanol–water partition coefficient (Wildman–Crippen LogP) is 3.59. The van der Waals surface area contributed by atoms with Crippen molar-refractivity contribution < 1.29 is 4.79 Å². The summed E-state index contributed by atoms with van der Waals surface area (Å²) in [6.45, 7) is 2.88. The molecule has 1 amide bonds. The summed E-state index contributed by atoms with van der Waals surface area (Å²) in [6.07, 6.45) is 8.24. The Labute approximate surface area is 137 Å². The lowest BCUT2D eigenvalue weighted by molar-refractivity contribution is 0.0703. The number of hydrogen-bond acceptors (Lipinski definition) is 2. The topological polar surface area (TPSA) is 37.6 Å². The van der Waals surface area contributed by atoms with Crippen molar-refractivity contribution in [3.8, 4) is 0 Å². The fraction of sp³-hybridized carbons (Fsp3) is 0.294. The highest BCUT2D eigenvalue weighted by Gasteiger charge is 2.31. The van der Waals surface area contributed by atoms with E-state index in [9.17, 15) is 4.79 Å². The van der Waals surface area contributed by atoms with E-state index in [2.05, 4.69) is 40.1 Å². The predicted molar refractivity (Wildman–Crippen MR) is 88.8 cm³/mol. The average molecular weight is 358 g/mol. The smallest absolute Gasteiger partial charge is 0.274 e. The minimum atomic E-state index is 0.0131. The molecular weight excluding hydrogens is 342 g/mol. The van der Waals surface area contributed by atoms with Gasteiger partial charge in [0.15, 0.2) is 5.69 Å². The lowest BCUT2D eigenvalue weighted by Crippen LogP contribution is -2.43. The van der Waals surface area contributed by atoms with Gasteiger partial charge in [-0.25, -0.2) is 4.52 Å². The Morgan fingerprint density at radius 2 is 2.27 bits per heavy atom. The fourth-order valence-electron chi connectivity index (χ4n) is 3.35. The second-order valence-corrected chi connectivity index (χ2v) is 6.75. The molecule has 5 heteroatoms. The van der Waals surface area contributed by atoms with Gasteiger partial charge < -0.3 is 4.90 Å². The van der Waals surface area contributed by atoms with Gasteiger partial charge in [-0.15, -0.1) is 0 Å². The Morgan fingerprint density at radius 1 is 1.41 bits per heavy atom. The van der Waals surface area contributed by atoms with Crippen molar-refractivity contribution >= 4 is 27.4 Å². The molecule has 0 saturated heterocycles. The first-order chi connectivity index (χ1) is 10.6. The highest BCUT2D eigenvalue weighted by Crippen LogP contribution is 2.32. The second-order valence-electron chi connectivity index (χ2n) is 5.84. The molecule has 4 rings (SSSR count). The Kier molecular flexibility index (Phi) is 3.18.